The monoisotopic (exact) mass is 312 g/mol. The summed E-state index contributed by atoms with van der Waals surface area (Å²) < 4.78 is 11.8. The molecule has 0 amide bonds. The Morgan fingerprint density at radius 1 is 0.792 bits per heavy atom. The molecule has 3 heteroatoms. The van der Waals surface area contributed by atoms with Crippen LogP contribution in [0.2, 0.25) is 0 Å². The van der Waals surface area contributed by atoms with Crippen molar-refractivity contribution in [3.63, 3.8) is 0 Å². The van der Waals surface area contributed by atoms with E-state index in [1.54, 1.807) is 6.26 Å². The Bertz CT molecular complexity index is 1090. The zero-order valence-electron chi connectivity index (χ0n) is 12.7. The number of ketones is 1. The molecule has 1 aromatic heterocycles. The number of hydrogen-bond acceptors (Lipinski definition) is 3. The highest BCUT2D eigenvalue weighted by Gasteiger charge is 2.30. The zero-order valence-corrected chi connectivity index (χ0v) is 12.7. The Morgan fingerprint density at radius 2 is 1.54 bits per heavy atom. The molecule has 5 rings (SSSR count). The van der Waals surface area contributed by atoms with Crippen LogP contribution in [0.3, 0.4) is 0 Å². The van der Waals surface area contributed by atoms with E-state index in [1.165, 1.54) is 0 Å². The largest absolute Gasteiger partial charge is 0.463 e. The first-order valence-corrected chi connectivity index (χ1v) is 7.74. The summed E-state index contributed by atoms with van der Waals surface area (Å²) in [5, 5.41) is 1.73. The third-order valence-electron chi connectivity index (χ3n) is 4.34. The maximum absolute atomic E-state index is 13.1. The molecule has 0 radical (unpaired) electrons. The molecule has 3 nitrogen and oxygen atoms in total. The van der Waals surface area contributed by atoms with Gasteiger partial charge in [-0.1, -0.05) is 42.5 Å². The van der Waals surface area contributed by atoms with Crippen molar-refractivity contribution in [2.75, 3.05) is 0 Å². The van der Waals surface area contributed by atoms with E-state index in [4.69, 9.17) is 9.15 Å². The Kier molecular flexibility index (Phi) is 2.65. The number of ether oxygens (including phenoxy) is 1. The van der Waals surface area contributed by atoms with Gasteiger partial charge < -0.3 is 9.15 Å². The van der Waals surface area contributed by atoms with Crippen molar-refractivity contribution >= 4 is 16.6 Å². The van der Waals surface area contributed by atoms with E-state index in [-0.39, 0.29) is 5.78 Å². The molecule has 1 heterocycles. The average molecular weight is 312 g/mol. The first-order valence-electron chi connectivity index (χ1n) is 7.74. The zero-order chi connectivity index (χ0) is 16.1. The summed E-state index contributed by atoms with van der Waals surface area (Å²) >= 11 is 0. The Labute approximate surface area is 138 Å². The molecule has 0 aliphatic heterocycles. The van der Waals surface area contributed by atoms with Gasteiger partial charge in [-0.3, -0.25) is 4.79 Å². The van der Waals surface area contributed by atoms with Crippen LogP contribution in [0.25, 0.3) is 22.1 Å². The molecule has 114 valence electrons. The van der Waals surface area contributed by atoms with Crippen LogP contribution in [0, 0.1) is 0 Å². The van der Waals surface area contributed by atoms with Crippen molar-refractivity contribution in [3.05, 3.63) is 84.1 Å². The van der Waals surface area contributed by atoms with Crippen molar-refractivity contribution in [1.82, 2.24) is 0 Å². The summed E-state index contributed by atoms with van der Waals surface area (Å²) in [5.41, 5.74) is 2.05. The summed E-state index contributed by atoms with van der Waals surface area (Å²) in [6, 6.07) is 20.7. The summed E-state index contributed by atoms with van der Waals surface area (Å²) in [6.45, 7) is 0. The first kappa shape index (κ1) is 13.1. The number of fused-ring (bicyclic) bond motifs is 2. The number of carbonyl (C=O) groups excluding carboxylic acids is 1. The van der Waals surface area contributed by atoms with Gasteiger partial charge in [0.2, 0.25) is 0 Å². The minimum absolute atomic E-state index is 0.0315. The standard InChI is InChI=1S/C21H12O3/c22-20-15-8-4-5-9-16(15)21-18-13(12-23-21)10-11-17(19(18)20)24-14-6-2-1-3-7-14/h1-12H. The van der Waals surface area contributed by atoms with Gasteiger partial charge in [0.25, 0.3) is 0 Å². The molecule has 0 bridgehead atoms. The van der Waals surface area contributed by atoms with Gasteiger partial charge in [0, 0.05) is 21.9 Å². The topological polar surface area (TPSA) is 39.4 Å². The van der Waals surface area contributed by atoms with E-state index in [0.29, 0.717) is 22.6 Å². The van der Waals surface area contributed by atoms with E-state index in [2.05, 4.69) is 0 Å². The predicted molar refractivity (Wildman–Crippen MR) is 91.6 cm³/mol. The van der Waals surface area contributed by atoms with E-state index in [1.807, 2.05) is 66.7 Å². The minimum Gasteiger partial charge on any atom is -0.463 e. The van der Waals surface area contributed by atoms with Gasteiger partial charge in [0.1, 0.15) is 17.3 Å². The third kappa shape index (κ3) is 1.75. The lowest BCUT2D eigenvalue weighted by Gasteiger charge is -2.17. The number of para-hydroxylation sites is 1. The lowest BCUT2D eigenvalue weighted by atomic mass is 9.87. The van der Waals surface area contributed by atoms with Gasteiger partial charge in [0.15, 0.2) is 5.78 Å². The molecule has 0 saturated carbocycles. The highest BCUT2D eigenvalue weighted by atomic mass is 16.5. The lowest BCUT2D eigenvalue weighted by molar-refractivity contribution is 0.103. The van der Waals surface area contributed by atoms with Crippen molar-refractivity contribution < 1.29 is 13.9 Å². The second kappa shape index (κ2) is 4.83. The van der Waals surface area contributed by atoms with E-state index < -0.39 is 0 Å². The predicted octanol–water partition coefficient (Wildman–Crippen LogP) is 5.44. The molecule has 1 aliphatic carbocycles. The van der Waals surface area contributed by atoms with Crippen LogP contribution in [0.5, 0.6) is 11.5 Å². The molecule has 0 unspecified atom stereocenters. The van der Waals surface area contributed by atoms with Crippen LogP contribution in [-0.4, -0.2) is 5.78 Å². The SMILES string of the molecule is O=C1c2ccccc2-c2occ3ccc(Oc4ccccc4)c1c23. The Hall–Kier alpha value is -3.33. The van der Waals surface area contributed by atoms with Crippen LogP contribution in [0.15, 0.2) is 77.4 Å². The molecule has 0 spiro atoms. The van der Waals surface area contributed by atoms with E-state index in [9.17, 15) is 4.79 Å². The van der Waals surface area contributed by atoms with Crippen LogP contribution in [0.4, 0.5) is 0 Å². The number of carbonyl (C=O) groups is 1. The molecular weight excluding hydrogens is 300 g/mol. The van der Waals surface area contributed by atoms with Gasteiger partial charge in [-0.25, -0.2) is 0 Å². The highest BCUT2D eigenvalue weighted by molar-refractivity contribution is 6.26. The molecule has 24 heavy (non-hydrogen) atoms. The van der Waals surface area contributed by atoms with Crippen molar-refractivity contribution in [1.29, 1.82) is 0 Å². The number of hydrogen-bond donors (Lipinski definition) is 0. The van der Waals surface area contributed by atoms with Crippen LogP contribution < -0.4 is 4.74 Å². The molecule has 0 atom stereocenters. The molecular formula is C21H12O3. The van der Waals surface area contributed by atoms with Crippen molar-refractivity contribution in [3.8, 4) is 22.8 Å². The fourth-order valence-electron chi connectivity index (χ4n) is 3.26. The summed E-state index contributed by atoms with van der Waals surface area (Å²) in [5.74, 6) is 1.95. The van der Waals surface area contributed by atoms with Crippen molar-refractivity contribution in [2.24, 2.45) is 0 Å². The third-order valence-corrected chi connectivity index (χ3v) is 4.34. The summed E-state index contributed by atoms with van der Waals surface area (Å²) in [7, 11) is 0. The molecule has 0 fully saturated rings. The lowest BCUT2D eigenvalue weighted by Crippen LogP contribution is -2.10. The van der Waals surface area contributed by atoms with Gasteiger partial charge in [-0.15, -0.1) is 0 Å². The summed E-state index contributed by atoms with van der Waals surface area (Å²) in [6.07, 6.45) is 1.69. The molecule has 3 aromatic carbocycles. The maximum atomic E-state index is 13.1. The maximum Gasteiger partial charge on any atom is 0.198 e. The Morgan fingerprint density at radius 3 is 2.38 bits per heavy atom. The van der Waals surface area contributed by atoms with E-state index in [0.717, 1.165) is 22.1 Å². The number of benzene rings is 3. The normalized spacial score (nSPS) is 12.2. The van der Waals surface area contributed by atoms with Crippen LogP contribution in [0.1, 0.15) is 15.9 Å². The van der Waals surface area contributed by atoms with Gasteiger partial charge in [-0.2, -0.15) is 0 Å². The highest BCUT2D eigenvalue weighted by Crippen LogP contribution is 2.44. The summed E-state index contributed by atoms with van der Waals surface area (Å²) in [4.78, 5) is 13.1. The quantitative estimate of drug-likeness (QED) is 0.436. The van der Waals surface area contributed by atoms with Gasteiger partial charge >= 0.3 is 0 Å². The molecule has 0 saturated heterocycles. The second-order valence-corrected chi connectivity index (χ2v) is 5.76. The fourth-order valence-corrected chi connectivity index (χ4v) is 3.26. The van der Waals surface area contributed by atoms with Gasteiger partial charge in [0.05, 0.1) is 11.8 Å². The molecule has 0 N–H and O–H groups in total. The van der Waals surface area contributed by atoms with Gasteiger partial charge in [-0.05, 0) is 24.3 Å². The van der Waals surface area contributed by atoms with E-state index >= 15 is 0 Å². The first-order chi connectivity index (χ1) is 11.8. The molecule has 4 aromatic rings. The molecule has 1 aliphatic rings. The van der Waals surface area contributed by atoms with Crippen LogP contribution in [-0.2, 0) is 0 Å². The number of furan rings is 1. The Balaban J connectivity index is 1.79. The average Bonchev–Trinajstić information content (AvgIpc) is 3.06. The second-order valence-electron chi connectivity index (χ2n) is 5.76. The smallest absolute Gasteiger partial charge is 0.198 e. The fraction of sp³-hybridized carbons (Fsp3) is 0. The number of rotatable bonds is 2. The minimum atomic E-state index is -0.0315. The van der Waals surface area contributed by atoms with Crippen LogP contribution >= 0.6 is 0 Å². The van der Waals surface area contributed by atoms with Crippen molar-refractivity contribution in [2.45, 2.75) is 0 Å².